The van der Waals surface area contributed by atoms with E-state index >= 15 is 0 Å². The van der Waals surface area contributed by atoms with Gasteiger partial charge in [0.25, 0.3) is 0 Å². The summed E-state index contributed by atoms with van der Waals surface area (Å²) in [5.41, 5.74) is 2.87. The van der Waals surface area contributed by atoms with Crippen LogP contribution in [0.25, 0.3) is 0 Å². The Balaban J connectivity index is 2.04. The van der Waals surface area contributed by atoms with Crippen LogP contribution in [0.15, 0.2) is 18.2 Å². The summed E-state index contributed by atoms with van der Waals surface area (Å²) in [5.74, 6) is 3.77. The maximum absolute atomic E-state index is 12.0. The molecule has 0 aliphatic heterocycles. The van der Waals surface area contributed by atoms with Gasteiger partial charge in [-0.2, -0.15) is 0 Å². The molecule has 2 nitrogen and oxygen atoms in total. The fourth-order valence-corrected chi connectivity index (χ4v) is 6.45. The summed E-state index contributed by atoms with van der Waals surface area (Å²) in [6.45, 7) is 14.0. The van der Waals surface area contributed by atoms with E-state index in [1.807, 2.05) is 6.07 Å². The van der Waals surface area contributed by atoms with Crippen molar-refractivity contribution in [2.24, 2.45) is 35.5 Å². The average Bonchev–Trinajstić information content (AvgIpc) is 2.66. The molecule has 6 atom stereocenters. The average molecular weight is 398 g/mol. The van der Waals surface area contributed by atoms with Crippen LogP contribution < -0.4 is 5.11 Å². The van der Waals surface area contributed by atoms with Crippen molar-refractivity contribution in [3.05, 3.63) is 34.9 Å². The molecular weight excluding hydrogens is 356 g/mol. The molecule has 29 heavy (non-hydrogen) atoms. The van der Waals surface area contributed by atoms with E-state index in [1.54, 1.807) is 0 Å². The van der Waals surface area contributed by atoms with Crippen molar-refractivity contribution in [2.45, 2.75) is 91.9 Å². The first-order valence-corrected chi connectivity index (χ1v) is 12.0. The van der Waals surface area contributed by atoms with Gasteiger partial charge < -0.3 is 9.90 Å². The minimum atomic E-state index is -1.01. The van der Waals surface area contributed by atoms with E-state index in [9.17, 15) is 9.90 Å². The van der Waals surface area contributed by atoms with Gasteiger partial charge in [0.05, 0.1) is 5.97 Å². The molecule has 2 aliphatic rings. The molecule has 0 N–H and O–H groups in total. The van der Waals surface area contributed by atoms with E-state index in [0.717, 1.165) is 17.9 Å². The highest BCUT2D eigenvalue weighted by atomic mass is 16.4. The van der Waals surface area contributed by atoms with Crippen LogP contribution >= 0.6 is 0 Å². The first kappa shape index (κ1) is 22.4. The minimum absolute atomic E-state index is 0.338. The monoisotopic (exact) mass is 397 g/mol. The summed E-state index contributed by atoms with van der Waals surface area (Å²) >= 11 is 0. The lowest BCUT2D eigenvalue weighted by molar-refractivity contribution is -0.255. The van der Waals surface area contributed by atoms with Crippen molar-refractivity contribution in [2.75, 3.05) is 0 Å². The van der Waals surface area contributed by atoms with Gasteiger partial charge in [0, 0.05) is 5.56 Å². The number of hydrogen-bond acceptors (Lipinski definition) is 2. The van der Waals surface area contributed by atoms with Gasteiger partial charge in [-0.05, 0) is 84.2 Å². The zero-order valence-electron chi connectivity index (χ0n) is 19.4. The number of carboxylic acid groups (broad SMARTS) is 1. The van der Waals surface area contributed by atoms with Crippen molar-refractivity contribution in [3.63, 3.8) is 0 Å². The van der Waals surface area contributed by atoms with E-state index < -0.39 is 5.97 Å². The lowest BCUT2D eigenvalue weighted by Gasteiger charge is -2.40. The molecule has 0 saturated heterocycles. The van der Waals surface area contributed by atoms with Crippen LogP contribution in [0.5, 0.6) is 0 Å². The van der Waals surface area contributed by atoms with Crippen molar-refractivity contribution in [1.82, 2.24) is 0 Å². The Morgan fingerprint density at radius 1 is 0.862 bits per heavy atom. The van der Waals surface area contributed by atoms with E-state index in [0.29, 0.717) is 47.0 Å². The van der Waals surface area contributed by atoms with E-state index in [2.05, 4.69) is 53.7 Å². The Morgan fingerprint density at radius 3 is 1.90 bits per heavy atom. The van der Waals surface area contributed by atoms with Gasteiger partial charge in [-0.3, -0.25) is 0 Å². The van der Waals surface area contributed by atoms with Crippen LogP contribution in [0.4, 0.5) is 0 Å². The molecule has 2 fully saturated rings. The molecule has 0 bridgehead atoms. The van der Waals surface area contributed by atoms with E-state index in [4.69, 9.17) is 0 Å². The summed E-state index contributed by atoms with van der Waals surface area (Å²) in [6, 6.07) is 6.26. The number of benzene rings is 1. The van der Waals surface area contributed by atoms with Crippen molar-refractivity contribution in [1.29, 1.82) is 0 Å². The second kappa shape index (κ2) is 9.23. The SMILES string of the molecule is CC1CCC(C(C)C)C(c2ccc(C(=O)[O-])c(C3CC(C)CCC3C(C)C)c2)C1. The minimum Gasteiger partial charge on any atom is -0.545 e. The third-order valence-corrected chi connectivity index (χ3v) is 8.17. The maximum atomic E-state index is 12.0. The zero-order chi connectivity index (χ0) is 21.3. The summed E-state index contributed by atoms with van der Waals surface area (Å²) in [4.78, 5) is 12.0. The quantitative estimate of drug-likeness (QED) is 0.576. The molecule has 2 aliphatic carbocycles. The predicted molar refractivity (Wildman–Crippen MR) is 119 cm³/mol. The maximum Gasteiger partial charge on any atom is 0.0718 e. The summed E-state index contributed by atoms with van der Waals surface area (Å²) in [5, 5.41) is 12.0. The Morgan fingerprint density at radius 2 is 1.38 bits per heavy atom. The second-order valence-electron chi connectivity index (χ2n) is 11.0. The zero-order valence-corrected chi connectivity index (χ0v) is 19.4. The Bertz CT molecular complexity index is 704. The van der Waals surface area contributed by atoms with Crippen molar-refractivity contribution < 1.29 is 9.90 Å². The van der Waals surface area contributed by atoms with Gasteiger partial charge >= 0.3 is 0 Å². The molecule has 2 saturated carbocycles. The largest absolute Gasteiger partial charge is 0.545 e. The first-order valence-electron chi connectivity index (χ1n) is 12.0. The molecule has 1 aromatic rings. The lowest BCUT2D eigenvalue weighted by atomic mass is 9.65. The molecule has 2 heteroatoms. The Kier molecular flexibility index (Phi) is 7.12. The molecule has 3 rings (SSSR count). The second-order valence-corrected chi connectivity index (χ2v) is 11.0. The van der Waals surface area contributed by atoms with Crippen LogP contribution in [0, 0.1) is 35.5 Å². The molecule has 0 amide bonds. The fraction of sp³-hybridized carbons (Fsp3) is 0.741. The molecule has 0 radical (unpaired) electrons. The van der Waals surface area contributed by atoms with Crippen LogP contribution in [0.3, 0.4) is 0 Å². The first-order chi connectivity index (χ1) is 13.7. The standard InChI is InChI=1S/C27H42O2/c1-16(2)21-10-7-18(5)13-24(21)20-9-12-23(27(28)29)26(15-20)25-14-19(6)8-11-22(25)17(3)4/h9,12,15-19,21-22,24-25H,7-8,10-11,13-14H2,1-6H3,(H,28,29)/p-1. The van der Waals surface area contributed by atoms with Gasteiger partial charge in [0.1, 0.15) is 0 Å². The molecular formula is C27H41O2-. The van der Waals surface area contributed by atoms with Crippen molar-refractivity contribution >= 4 is 5.97 Å². The highest BCUT2D eigenvalue weighted by molar-refractivity contribution is 5.88. The number of aromatic carboxylic acids is 1. The lowest BCUT2D eigenvalue weighted by Crippen LogP contribution is -2.31. The summed E-state index contributed by atoms with van der Waals surface area (Å²) in [7, 11) is 0. The van der Waals surface area contributed by atoms with Gasteiger partial charge in [-0.25, -0.2) is 0 Å². The van der Waals surface area contributed by atoms with Gasteiger partial charge in [0.15, 0.2) is 0 Å². The fourth-order valence-electron chi connectivity index (χ4n) is 6.45. The molecule has 0 spiro atoms. The van der Waals surface area contributed by atoms with Gasteiger partial charge in [0.2, 0.25) is 0 Å². The number of carbonyl (C=O) groups excluding carboxylic acids is 1. The summed E-state index contributed by atoms with van der Waals surface area (Å²) in [6.07, 6.45) is 7.39. The van der Waals surface area contributed by atoms with Gasteiger partial charge in [-0.15, -0.1) is 0 Å². The van der Waals surface area contributed by atoms with Crippen molar-refractivity contribution in [3.8, 4) is 0 Å². The Labute approximate surface area is 178 Å². The third-order valence-electron chi connectivity index (χ3n) is 8.17. The predicted octanol–water partition coefficient (Wildman–Crippen LogP) is 6.40. The number of carbonyl (C=O) groups is 1. The highest BCUT2D eigenvalue weighted by Gasteiger charge is 2.35. The van der Waals surface area contributed by atoms with Crippen LogP contribution in [-0.4, -0.2) is 5.97 Å². The number of rotatable bonds is 5. The van der Waals surface area contributed by atoms with Crippen LogP contribution in [0.1, 0.15) is 113 Å². The Hall–Kier alpha value is -1.31. The molecule has 162 valence electrons. The van der Waals surface area contributed by atoms with Crippen LogP contribution in [0.2, 0.25) is 0 Å². The van der Waals surface area contributed by atoms with Gasteiger partial charge in [-0.1, -0.05) is 72.6 Å². The smallest absolute Gasteiger partial charge is 0.0718 e. The van der Waals surface area contributed by atoms with Crippen LogP contribution in [-0.2, 0) is 0 Å². The molecule has 6 unspecified atom stereocenters. The molecule has 0 heterocycles. The van der Waals surface area contributed by atoms with E-state index in [-0.39, 0.29) is 0 Å². The molecule has 1 aromatic carbocycles. The number of carboxylic acids is 1. The van der Waals surface area contributed by atoms with E-state index in [1.165, 1.54) is 37.7 Å². The highest BCUT2D eigenvalue weighted by Crippen LogP contribution is 2.48. The molecule has 0 aromatic heterocycles. The number of hydrogen-bond donors (Lipinski definition) is 0. The topological polar surface area (TPSA) is 40.1 Å². The normalized spacial score (nSPS) is 33.2. The summed E-state index contributed by atoms with van der Waals surface area (Å²) < 4.78 is 0. The third kappa shape index (κ3) is 4.89.